The summed E-state index contributed by atoms with van der Waals surface area (Å²) in [5.41, 5.74) is 1.11. The lowest BCUT2D eigenvalue weighted by atomic mass is 9.96. The zero-order valence-electron chi connectivity index (χ0n) is 13.3. The second kappa shape index (κ2) is 6.33. The third kappa shape index (κ3) is 2.70. The van der Waals surface area contributed by atoms with Crippen LogP contribution in [0.1, 0.15) is 12.8 Å². The Kier molecular flexibility index (Phi) is 4.03. The molecule has 2 aliphatic rings. The summed E-state index contributed by atoms with van der Waals surface area (Å²) in [4.78, 5) is 17.2. The number of benzene rings is 1. The Balaban J connectivity index is 1.68. The number of rotatable bonds is 3. The third-order valence-corrected chi connectivity index (χ3v) is 4.80. The second-order valence-electron chi connectivity index (χ2n) is 6.24. The van der Waals surface area contributed by atoms with Gasteiger partial charge < -0.3 is 14.4 Å². The fourth-order valence-electron chi connectivity index (χ4n) is 3.69. The summed E-state index contributed by atoms with van der Waals surface area (Å²) >= 11 is 0. The highest BCUT2D eigenvalue weighted by Gasteiger charge is 2.32. The van der Waals surface area contributed by atoms with Crippen molar-refractivity contribution in [2.24, 2.45) is 5.92 Å². The molecule has 24 heavy (non-hydrogen) atoms. The second-order valence-corrected chi connectivity index (χ2v) is 6.24. The third-order valence-electron chi connectivity index (χ3n) is 4.80. The first-order valence-electron chi connectivity index (χ1n) is 8.23. The van der Waals surface area contributed by atoms with Gasteiger partial charge in [-0.1, -0.05) is 0 Å². The summed E-state index contributed by atoms with van der Waals surface area (Å²) in [5.74, 6) is 0.327. The van der Waals surface area contributed by atoms with Crippen molar-refractivity contribution in [3.05, 3.63) is 40.7 Å². The standard InChI is InChI=1S/C17H19N3O4/c21-20(22)16-4-3-15(13-5-6-18-10-14(13)16)19-7-1-2-12(11-19)17-23-8-9-24-17/h3-6,10,12,17H,1-2,7-9,11H2. The molecule has 2 aromatic rings. The number of nitrogens with zero attached hydrogens (tertiary/aromatic N) is 3. The number of ether oxygens (including phenoxy) is 2. The summed E-state index contributed by atoms with van der Waals surface area (Å²) in [6.45, 7) is 3.08. The van der Waals surface area contributed by atoms with E-state index in [4.69, 9.17) is 9.47 Å². The van der Waals surface area contributed by atoms with Crippen LogP contribution in [-0.4, -0.2) is 42.5 Å². The van der Waals surface area contributed by atoms with Gasteiger partial charge >= 0.3 is 0 Å². The normalized spacial score (nSPS) is 22.2. The molecule has 7 nitrogen and oxygen atoms in total. The Morgan fingerprint density at radius 1 is 1.21 bits per heavy atom. The van der Waals surface area contributed by atoms with Gasteiger partial charge in [0.1, 0.15) is 0 Å². The van der Waals surface area contributed by atoms with Gasteiger partial charge in [0.2, 0.25) is 0 Å². The van der Waals surface area contributed by atoms with E-state index in [-0.39, 0.29) is 16.9 Å². The Hall–Kier alpha value is -2.25. The van der Waals surface area contributed by atoms with Crippen molar-refractivity contribution in [3.63, 3.8) is 0 Å². The van der Waals surface area contributed by atoms with Gasteiger partial charge in [0, 0.05) is 48.5 Å². The van der Waals surface area contributed by atoms with Crippen LogP contribution in [0, 0.1) is 16.0 Å². The van der Waals surface area contributed by atoms with E-state index in [0.717, 1.165) is 37.0 Å². The zero-order chi connectivity index (χ0) is 16.5. The molecule has 1 aromatic carbocycles. The van der Waals surface area contributed by atoms with E-state index in [1.54, 1.807) is 18.5 Å². The van der Waals surface area contributed by atoms with E-state index in [9.17, 15) is 10.1 Å². The van der Waals surface area contributed by atoms with Gasteiger partial charge in [0.15, 0.2) is 6.29 Å². The molecule has 0 aliphatic carbocycles. The maximum absolute atomic E-state index is 11.3. The van der Waals surface area contributed by atoms with Gasteiger partial charge in [-0.15, -0.1) is 0 Å². The summed E-state index contributed by atoms with van der Waals surface area (Å²) < 4.78 is 11.3. The number of piperidine rings is 1. The molecule has 126 valence electrons. The Morgan fingerprint density at radius 2 is 2.04 bits per heavy atom. The molecule has 3 heterocycles. The van der Waals surface area contributed by atoms with Crippen LogP contribution in [0.2, 0.25) is 0 Å². The number of aromatic nitrogens is 1. The number of hydrogen-bond acceptors (Lipinski definition) is 6. The van der Waals surface area contributed by atoms with Crippen molar-refractivity contribution in [2.75, 3.05) is 31.2 Å². The largest absolute Gasteiger partial charge is 0.371 e. The zero-order valence-corrected chi connectivity index (χ0v) is 13.3. The minimum atomic E-state index is -0.354. The monoisotopic (exact) mass is 329 g/mol. The summed E-state index contributed by atoms with van der Waals surface area (Å²) in [6.07, 6.45) is 5.26. The predicted octanol–water partition coefficient (Wildman–Crippen LogP) is 2.73. The summed E-state index contributed by atoms with van der Waals surface area (Å²) in [5, 5.41) is 12.7. The van der Waals surface area contributed by atoms with E-state index in [2.05, 4.69) is 9.88 Å². The quantitative estimate of drug-likeness (QED) is 0.636. The van der Waals surface area contributed by atoms with Crippen LogP contribution in [-0.2, 0) is 9.47 Å². The molecule has 7 heteroatoms. The fourth-order valence-corrected chi connectivity index (χ4v) is 3.69. The van der Waals surface area contributed by atoms with Crippen LogP contribution in [0.5, 0.6) is 0 Å². The molecule has 0 bridgehead atoms. The Morgan fingerprint density at radius 3 is 2.83 bits per heavy atom. The topological polar surface area (TPSA) is 77.7 Å². The Labute approximate surface area is 139 Å². The highest BCUT2D eigenvalue weighted by Crippen LogP contribution is 2.36. The van der Waals surface area contributed by atoms with Crippen molar-refractivity contribution in [1.82, 2.24) is 4.98 Å². The number of pyridine rings is 1. The predicted molar refractivity (Wildman–Crippen MR) is 89.0 cm³/mol. The average molecular weight is 329 g/mol. The van der Waals surface area contributed by atoms with E-state index in [0.29, 0.717) is 24.5 Å². The van der Waals surface area contributed by atoms with Gasteiger partial charge in [-0.25, -0.2) is 0 Å². The van der Waals surface area contributed by atoms with Crippen LogP contribution in [0.4, 0.5) is 11.4 Å². The fraction of sp³-hybridized carbons (Fsp3) is 0.471. The van der Waals surface area contributed by atoms with Crippen LogP contribution in [0.15, 0.2) is 30.6 Å². The van der Waals surface area contributed by atoms with Crippen LogP contribution < -0.4 is 4.90 Å². The van der Waals surface area contributed by atoms with E-state index < -0.39 is 0 Å². The van der Waals surface area contributed by atoms with Gasteiger partial charge in [0.25, 0.3) is 5.69 Å². The smallest absolute Gasteiger partial charge is 0.278 e. The molecular formula is C17H19N3O4. The number of non-ortho nitro benzene ring substituents is 1. The van der Waals surface area contributed by atoms with Crippen molar-refractivity contribution in [3.8, 4) is 0 Å². The lowest BCUT2D eigenvalue weighted by Crippen LogP contribution is -2.40. The first kappa shape index (κ1) is 15.3. The van der Waals surface area contributed by atoms with Crippen molar-refractivity contribution in [1.29, 1.82) is 0 Å². The number of fused-ring (bicyclic) bond motifs is 1. The highest BCUT2D eigenvalue weighted by molar-refractivity contribution is 5.99. The number of hydrogen-bond donors (Lipinski definition) is 0. The minimum Gasteiger partial charge on any atom is -0.371 e. The molecule has 2 aliphatic heterocycles. The van der Waals surface area contributed by atoms with E-state index in [1.165, 1.54) is 0 Å². The Bertz CT molecular complexity index is 761. The summed E-state index contributed by atoms with van der Waals surface area (Å²) in [6, 6.07) is 5.27. The van der Waals surface area contributed by atoms with Gasteiger partial charge in [-0.3, -0.25) is 15.1 Å². The molecule has 4 rings (SSSR count). The minimum absolute atomic E-state index is 0.0952. The average Bonchev–Trinajstić information content (AvgIpc) is 3.15. The SMILES string of the molecule is O=[N+]([O-])c1ccc(N2CCCC(C3OCCO3)C2)c2ccncc12. The molecule has 1 aromatic heterocycles. The molecule has 0 radical (unpaired) electrons. The van der Waals surface area contributed by atoms with Crippen molar-refractivity contribution in [2.45, 2.75) is 19.1 Å². The summed E-state index contributed by atoms with van der Waals surface area (Å²) in [7, 11) is 0. The maximum atomic E-state index is 11.3. The van der Waals surface area contributed by atoms with Crippen molar-refractivity contribution >= 4 is 22.1 Å². The van der Waals surface area contributed by atoms with Crippen LogP contribution in [0.3, 0.4) is 0 Å². The van der Waals surface area contributed by atoms with E-state index in [1.807, 2.05) is 12.1 Å². The number of nitro groups is 1. The lowest BCUT2D eigenvalue weighted by Gasteiger charge is -2.36. The van der Waals surface area contributed by atoms with Gasteiger partial charge in [0.05, 0.1) is 23.5 Å². The van der Waals surface area contributed by atoms with Crippen LogP contribution >= 0.6 is 0 Å². The molecule has 0 amide bonds. The number of anilines is 1. The highest BCUT2D eigenvalue weighted by atomic mass is 16.7. The maximum Gasteiger partial charge on any atom is 0.278 e. The van der Waals surface area contributed by atoms with Crippen molar-refractivity contribution < 1.29 is 14.4 Å². The van der Waals surface area contributed by atoms with Gasteiger partial charge in [-0.05, 0) is 25.0 Å². The molecular weight excluding hydrogens is 310 g/mol. The lowest BCUT2D eigenvalue weighted by molar-refractivity contribution is -0.383. The first-order chi connectivity index (χ1) is 11.7. The molecule has 1 unspecified atom stereocenters. The molecule has 2 fully saturated rings. The van der Waals surface area contributed by atoms with E-state index >= 15 is 0 Å². The van der Waals surface area contributed by atoms with Gasteiger partial charge in [-0.2, -0.15) is 0 Å². The first-order valence-corrected chi connectivity index (χ1v) is 8.23. The van der Waals surface area contributed by atoms with Crippen LogP contribution in [0.25, 0.3) is 10.8 Å². The molecule has 0 N–H and O–H groups in total. The molecule has 0 saturated carbocycles. The number of nitro benzene ring substituents is 1. The molecule has 1 atom stereocenters. The molecule has 0 spiro atoms. The molecule has 2 saturated heterocycles.